The molecule has 1 unspecified atom stereocenters. The Bertz CT molecular complexity index is 1720. The van der Waals surface area contributed by atoms with E-state index in [1.54, 1.807) is 32.4 Å². The number of hydrogen-bond acceptors (Lipinski definition) is 6. The summed E-state index contributed by atoms with van der Waals surface area (Å²) in [7, 11) is 3.07. The number of nitrogen functional groups attached to an aromatic ring is 1. The smallest absolute Gasteiger partial charge is 0.251 e. The molecule has 1 amide bonds. The molecule has 230 valence electrons. The monoisotopic (exact) mass is 600 g/mol. The van der Waals surface area contributed by atoms with Gasteiger partial charge in [-0.05, 0) is 93.3 Å². The third-order valence-corrected chi connectivity index (χ3v) is 7.54. The predicted octanol–water partition coefficient (Wildman–Crippen LogP) is 6.94. The van der Waals surface area contributed by atoms with Gasteiger partial charge in [0.15, 0.2) is 0 Å². The molecular formula is C35H38F2N4O3. The number of benzene rings is 3. The molecule has 4 rings (SSSR count). The minimum Gasteiger partial charge on any atom is -0.497 e. The molecular weight excluding hydrogens is 562 g/mol. The molecule has 0 aliphatic heterocycles. The molecule has 0 bridgehead atoms. The number of carbonyl (C=O) groups is 1. The minimum absolute atomic E-state index is 0.0455. The number of nitrogens with two attached hydrogens (primary N) is 1. The van der Waals surface area contributed by atoms with Crippen LogP contribution in [0.1, 0.15) is 63.6 Å². The SMILES string of the molecule is COc1cccc(C(CNC(=O)c2cc(C=NC(C)C)c(N)c(OC)c2)c2cc(C)c(C)c(-c3cc(C)c(F)cc3F)n2)c1. The third-order valence-electron chi connectivity index (χ3n) is 7.54. The van der Waals surface area contributed by atoms with Crippen molar-refractivity contribution in [2.24, 2.45) is 4.99 Å². The Kier molecular flexibility index (Phi) is 9.98. The maximum atomic E-state index is 15.1. The van der Waals surface area contributed by atoms with Crippen LogP contribution in [-0.4, -0.2) is 43.9 Å². The Labute approximate surface area is 257 Å². The van der Waals surface area contributed by atoms with Crippen molar-refractivity contribution in [1.82, 2.24) is 10.3 Å². The minimum atomic E-state index is -0.694. The first-order chi connectivity index (χ1) is 20.9. The lowest BCUT2D eigenvalue weighted by atomic mass is 9.91. The Morgan fingerprint density at radius 2 is 1.75 bits per heavy atom. The number of methoxy groups -OCH3 is 2. The second kappa shape index (κ2) is 13.7. The molecule has 3 N–H and O–H groups in total. The van der Waals surface area contributed by atoms with E-state index >= 15 is 4.39 Å². The van der Waals surface area contributed by atoms with E-state index in [1.165, 1.54) is 13.2 Å². The summed E-state index contributed by atoms with van der Waals surface area (Å²) >= 11 is 0. The maximum absolute atomic E-state index is 15.1. The van der Waals surface area contributed by atoms with Crippen LogP contribution in [0.2, 0.25) is 0 Å². The number of aromatic nitrogens is 1. The van der Waals surface area contributed by atoms with Crippen LogP contribution in [0.25, 0.3) is 11.3 Å². The van der Waals surface area contributed by atoms with Gasteiger partial charge in [0.05, 0.1) is 31.3 Å². The van der Waals surface area contributed by atoms with Gasteiger partial charge >= 0.3 is 0 Å². The van der Waals surface area contributed by atoms with Crippen molar-refractivity contribution in [1.29, 1.82) is 0 Å². The number of ether oxygens (including phenoxy) is 2. The zero-order valence-corrected chi connectivity index (χ0v) is 26.1. The molecule has 0 aliphatic carbocycles. The van der Waals surface area contributed by atoms with Crippen LogP contribution < -0.4 is 20.5 Å². The lowest BCUT2D eigenvalue weighted by Gasteiger charge is -2.22. The highest BCUT2D eigenvalue weighted by Crippen LogP contribution is 2.33. The van der Waals surface area contributed by atoms with Crippen molar-refractivity contribution in [3.05, 3.63) is 105 Å². The number of nitrogens with one attached hydrogen (secondary N) is 1. The predicted molar refractivity (Wildman–Crippen MR) is 171 cm³/mol. The standard InChI is InChI=1S/C35H38F2N4O3/c1-19(2)39-17-25-13-24(15-32(44-7)33(25)38)35(42)40-18-28(23-9-8-10-26(14-23)43-6)31-12-20(3)22(5)34(41-31)27-11-21(4)29(36)16-30(27)37/h8-17,19,28H,18,38H2,1-7H3,(H,40,42). The van der Waals surface area contributed by atoms with E-state index < -0.39 is 17.6 Å². The number of anilines is 1. The maximum Gasteiger partial charge on any atom is 0.251 e. The van der Waals surface area contributed by atoms with Crippen molar-refractivity contribution >= 4 is 17.8 Å². The lowest BCUT2D eigenvalue weighted by molar-refractivity contribution is 0.0952. The zero-order chi connectivity index (χ0) is 32.1. The highest BCUT2D eigenvalue weighted by molar-refractivity contribution is 5.99. The van der Waals surface area contributed by atoms with Crippen molar-refractivity contribution in [3.63, 3.8) is 0 Å². The fourth-order valence-corrected chi connectivity index (χ4v) is 4.87. The Morgan fingerprint density at radius 3 is 2.43 bits per heavy atom. The normalized spacial score (nSPS) is 12.0. The van der Waals surface area contributed by atoms with Gasteiger partial charge < -0.3 is 20.5 Å². The summed E-state index contributed by atoms with van der Waals surface area (Å²) in [5, 5.41) is 3.03. The van der Waals surface area contributed by atoms with Gasteiger partial charge in [0.25, 0.3) is 5.91 Å². The first-order valence-electron chi connectivity index (χ1n) is 14.3. The summed E-state index contributed by atoms with van der Waals surface area (Å²) in [5.41, 5.74) is 11.6. The highest BCUT2D eigenvalue weighted by Gasteiger charge is 2.23. The van der Waals surface area contributed by atoms with Crippen LogP contribution >= 0.6 is 0 Å². The number of nitrogens with zero attached hydrogens (tertiary/aromatic N) is 2. The number of halogens is 2. The summed E-state index contributed by atoms with van der Waals surface area (Å²) in [5.74, 6) is -1.09. The molecule has 44 heavy (non-hydrogen) atoms. The number of amides is 1. The van der Waals surface area contributed by atoms with Crippen LogP contribution in [-0.2, 0) is 0 Å². The van der Waals surface area contributed by atoms with Gasteiger partial charge in [-0.1, -0.05) is 12.1 Å². The molecule has 7 nitrogen and oxygen atoms in total. The molecule has 4 aromatic rings. The summed E-state index contributed by atoms with van der Waals surface area (Å²) in [6.07, 6.45) is 1.63. The quantitative estimate of drug-likeness (QED) is 0.152. The van der Waals surface area contributed by atoms with Crippen LogP contribution in [0.4, 0.5) is 14.5 Å². The summed E-state index contributed by atoms with van der Waals surface area (Å²) in [4.78, 5) is 22.9. The second-order valence-corrected chi connectivity index (χ2v) is 11.0. The van der Waals surface area contributed by atoms with Gasteiger partial charge in [0.2, 0.25) is 0 Å². The van der Waals surface area contributed by atoms with Gasteiger partial charge in [-0.3, -0.25) is 14.8 Å². The van der Waals surface area contributed by atoms with E-state index in [0.29, 0.717) is 45.3 Å². The van der Waals surface area contributed by atoms with Crippen molar-refractivity contribution in [2.45, 2.75) is 46.6 Å². The topological polar surface area (TPSA) is 98.8 Å². The largest absolute Gasteiger partial charge is 0.497 e. The van der Waals surface area contributed by atoms with Crippen LogP contribution in [0, 0.1) is 32.4 Å². The van der Waals surface area contributed by atoms with E-state index in [2.05, 4.69) is 10.3 Å². The van der Waals surface area contributed by atoms with E-state index in [9.17, 15) is 9.18 Å². The van der Waals surface area contributed by atoms with E-state index in [0.717, 1.165) is 22.8 Å². The molecule has 0 fully saturated rings. The summed E-state index contributed by atoms with van der Waals surface area (Å²) < 4.78 is 40.1. The molecule has 0 spiro atoms. The Morgan fingerprint density at radius 1 is 1.00 bits per heavy atom. The molecule has 9 heteroatoms. The Balaban J connectivity index is 1.77. The number of aliphatic imine (C=N–C) groups is 1. The van der Waals surface area contributed by atoms with Crippen LogP contribution in [0.15, 0.2) is 59.6 Å². The van der Waals surface area contributed by atoms with E-state index in [1.807, 2.05) is 58.0 Å². The molecule has 1 aromatic heterocycles. The van der Waals surface area contributed by atoms with Gasteiger partial charge in [0.1, 0.15) is 23.1 Å². The molecule has 0 saturated heterocycles. The van der Waals surface area contributed by atoms with Crippen LogP contribution in [0.5, 0.6) is 11.5 Å². The summed E-state index contributed by atoms with van der Waals surface area (Å²) in [6, 6.07) is 15.1. The van der Waals surface area contributed by atoms with Gasteiger partial charge in [-0.25, -0.2) is 8.78 Å². The molecule has 0 radical (unpaired) electrons. The first kappa shape index (κ1) is 32.1. The van der Waals surface area contributed by atoms with E-state index in [-0.39, 0.29) is 24.1 Å². The number of carbonyl (C=O) groups excluding carboxylic acids is 1. The number of rotatable bonds is 10. The first-order valence-corrected chi connectivity index (χ1v) is 14.3. The number of aryl methyl sites for hydroxylation is 2. The highest BCUT2D eigenvalue weighted by atomic mass is 19.1. The molecule has 1 atom stereocenters. The van der Waals surface area contributed by atoms with Gasteiger partial charge in [-0.15, -0.1) is 0 Å². The molecule has 3 aromatic carbocycles. The van der Waals surface area contributed by atoms with Crippen molar-refractivity contribution in [2.75, 3.05) is 26.5 Å². The fourth-order valence-electron chi connectivity index (χ4n) is 4.87. The molecule has 0 saturated carbocycles. The van der Waals surface area contributed by atoms with Gasteiger partial charge in [-0.2, -0.15) is 0 Å². The van der Waals surface area contributed by atoms with Gasteiger partial charge in [0, 0.05) is 47.5 Å². The lowest BCUT2D eigenvalue weighted by Crippen LogP contribution is -2.29. The number of pyridine rings is 1. The second-order valence-electron chi connectivity index (χ2n) is 11.0. The van der Waals surface area contributed by atoms with Crippen LogP contribution in [0.3, 0.4) is 0 Å². The molecule has 0 aliphatic rings. The summed E-state index contributed by atoms with van der Waals surface area (Å²) in [6.45, 7) is 9.41. The average molecular weight is 601 g/mol. The fraction of sp³-hybridized carbons (Fsp3) is 0.286. The third kappa shape index (κ3) is 7.05. The number of hydrogen-bond donors (Lipinski definition) is 2. The zero-order valence-electron chi connectivity index (χ0n) is 26.1. The average Bonchev–Trinajstić information content (AvgIpc) is 3.00. The van der Waals surface area contributed by atoms with E-state index in [4.69, 9.17) is 20.2 Å². The van der Waals surface area contributed by atoms with Crippen molar-refractivity contribution < 1.29 is 23.0 Å². The Hall–Kier alpha value is -4.79. The molecule has 1 heterocycles. The van der Waals surface area contributed by atoms with Crippen molar-refractivity contribution in [3.8, 4) is 22.8 Å².